The molecular formula is C15H12N4O. The van der Waals surface area contributed by atoms with Crippen LogP contribution in [0.5, 0.6) is 5.75 Å². The fourth-order valence-electron chi connectivity index (χ4n) is 1.83. The molecule has 0 aliphatic heterocycles. The summed E-state index contributed by atoms with van der Waals surface area (Å²) < 4.78 is 0. The van der Waals surface area contributed by atoms with Crippen molar-refractivity contribution in [1.82, 2.24) is 4.98 Å². The van der Waals surface area contributed by atoms with Gasteiger partial charge in [0.05, 0.1) is 17.3 Å². The minimum absolute atomic E-state index is 0.0935. The van der Waals surface area contributed by atoms with Crippen molar-refractivity contribution >= 4 is 11.4 Å². The molecule has 0 bridgehead atoms. The molecule has 0 saturated heterocycles. The van der Waals surface area contributed by atoms with Gasteiger partial charge in [-0.05, 0) is 24.3 Å². The van der Waals surface area contributed by atoms with Gasteiger partial charge in [0.1, 0.15) is 5.75 Å². The number of phenolic OH excluding ortho intramolecular Hbond substituents is 1. The van der Waals surface area contributed by atoms with Gasteiger partial charge in [-0.2, -0.15) is 5.26 Å². The molecule has 20 heavy (non-hydrogen) atoms. The first-order chi connectivity index (χ1) is 9.54. The molecule has 98 valence electrons. The summed E-state index contributed by atoms with van der Waals surface area (Å²) in [6.07, 6.45) is 3.06. The van der Waals surface area contributed by atoms with E-state index in [1.807, 2.05) is 6.07 Å². The van der Waals surface area contributed by atoms with E-state index in [0.29, 0.717) is 28.0 Å². The number of benzene rings is 1. The molecule has 4 N–H and O–H groups in total. The van der Waals surface area contributed by atoms with Crippen LogP contribution in [-0.4, -0.2) is 15.8 Å². The lowest BCUT2D eigenvalue weighted by atomic mass is 9.97. The van der Waals surface area contributed by atoms with Gasteiger partial charge in [-0.25, -0.2) is 0 Å². The van der Waals surface area contributed by atoms with Crippen LogP contribution in [-0.2, 0) is 0 Å². The summed E-state index contributed by atoms with van der Waals surface area (Å²) >= 11 is 0. The average molecular weight is 264 g/mol. The maximum Gasteiger partial charge on any atom is 0.126 e. The molecule has 5 nitrogen and oxygen atoms in total. The predicted octanol–water partition coefficient (Wildman–Crippen LogP) is 2.00. The smallest absolute Gasteiger partial charge is 0.126 e. The monoisotopic (exact) mass is 264 g/mol. The summed E-state index contributed by atoms with van der Waals surface area (Å²) in [5.74, 6) is -0.126. The van der Waals surface area contributed by atoms with Crippen molar-refractivity contribution in [3.8, 4) is 11.8 Å². The molecule has 0 unspecified atom stereocenters. The summed E-state index contributed by atoms with van der Waals surface area (Å²) in [6, 6.07) is 7.95. The van der Waals surface area contributed by atoms with E-state index >= 15 is 0 Å². The van der Waals surface area contributed by atoms with Crippen LogP contribution in [0.1, 0.15) is 22.3 Å². The van der Waals surface area contributed by atoms with Crippen molar-refractivity contribution in [2.45, 2.75) is 0 Å². The molecule has 0 spiro atoms. The van der Waals surface area contributed by atoms with Gasteiger partial charge < -0.3 is 10.8 Å². The minimum atomic E-state index is -0.126. The van der Waals surface area contributed by atoms with Gasteiger partial charge in [0, 0.05) is 34.8 Å². The second-order valence-electron chi connectivity index (χ2n) is 4.17. The highest BCUT2D eigenvalue weighted by molar-refractivity contribution is 6.14. The number of nitrogens with one attached hydrogen (secondary N) is 1. The van der Waals surface area contributed by atoms with E-state index in [0.717, 1.165) is 0 Å². The predicted molar refractivity (Wildman–Crippen MR) is 76.2 cm³/mol. The Hall–Kier alpha value is -3.13. The van der Waals surface area contributed by atoms with Gasteiger partial charge in [-0.1, -0.05) is 6.58 Å². The van der Waals surface area contributed by atoms with Gasteiger partial charge in [0.2, 0.25) is 0 Å². The van der Waals surface area contributed by atoms with Crippen molar-refractivity contribution < 1.29 is 5.11 Å². The van der Waals surface area contributed by atoms with E-state index < -0.39 is 0 Å². The van der Waals surface area contributed by atoms with Gasteiger partial charge in [-0.15, -0.1) is 0 Å². The third-order valence-corrected chi connectivity index (χ3v) is 2.83. The standard InChI is InChI=1S/C15H12N4O/c1-9(17)13-8-19-5-4-11(13)15(18)12-3-2-10(7-16)6-14(12)20/h2-6,8,18,20H,1,17H2. The minimum Gasteiger partial charge on any atom is -0.507 e. The lowest BCUT2D eigenvalue weighted by molar-refractivity contribution is 0.474. The van der Waals surface area contributed by atoms with E-state index in [1.54, 1.807) is 12.1 Å². The molecule has 0 saturated carbocycles. The van der Waals surface area contributed by atoms with Crippen molar-refractivity contribution in [3.05, 3.63) is 65.5 Å². The molecule has 0 fully saturated rings. The Morgan fingerprint density at radius 3 is 2.65 bits per heavy atom. The van der Waals surface area contributed by atoms with Crippen LogP contribution in [0, 0.1) is 16.7 Å². The molecule has 2 rings (SSSR count). The first-order valence-corrected chi connectivity index (χ1v) is 5.75. The fraction of sp³-hybridized carbons (Fsp3) is 0. The van der Waals surface area contributed by atoms with Gasteiger partial charge in [0.15, 0.2) is 0 Å². The number of nitrogens with zero attached hydrogens (tertiary/aromatic N) is 2. The molecule has 1 heterocycles. The van der Waals surface area contributed by atoms with Crippen LogP contribution >= 0.6 is 0 Å². The normalized spacial score (nSPS) is 9.75. The third-order valence-electron chi connectivity index (χ3n) is 2.83. The van der Waals surface area contributed by atoms with E-state index in [1.165, 1.54) is 24.5 Å². The van der Waals surface area contributed by atoms with E-state index in [-0.39, 0.29) is 11.5 Å². The Bertz CT molecular complexity index is 744. The van der Waals surface area contributed by atoms with Crippen LogP contribution < -0.4 is 5.73 Å². The number of aromatic nitrogens is 1. The molecule has 0 aliphatic carbocycles. The molecule has 2 aromatic rings. The summed E-state index contributed by atoms with van der Waals surface area (Å²) in [7, 11) is 0. The second-order valence-corrected chi connectivity index (χ2v) is 4.17. The molecule has 5 heteroatoms. The highest BCUT2D eigenvalue weighted by atomic mass is 16.3. The number of pyridine rings is 1. The van der Waals surface area contributed by atoms with Crippen LogP contribution in [0.3, 0.4) is 0 Å². The number of hydrogen-bond acceptors (Lipinski definition) is 5. The largest absolute Gasteiger partial charge is 0.507 e. The Kier molecular flexibility index (Phi) is 3.49. The summed E-state index contributed by atoms with van der Waals surface area (Å²) in [4.78, 5) is 3.95. The molecule has 0 amide bonds. The van der Waals surface area contributed by atoms with E-state index in [4.69, 9.17) is 16.4 Å². The zero-order chi connectivity index (χ0) is 14.7. The second kappa shape index (κ2) is 5.24. The SMILES string of the molecule is C=C(N)c1cnccc1C(=N)c1ccc(C#N)cc1O. The molecule has 1 aromatic heterocycles. The lowest BCUT2D eigenvalue weighted by Crippen LogP contribution is -2.08. The Balaban J connectivity index is 2.53. The van der Waals surface area contributed by atoms with Crippen LogP contribution in [0.15, 0.2) is 43.2 Å². The number of nitrogens with two attached hydrogens (primary N) is 1. The van der Waals surface area contributed by atoms with Crippen molar-refractivity contribution in [2.24, 2.45) is 5.73 Å². The van der Waals surface area contributed by atoms with Crippen molar-refractivity contribution in [1.29, 1.82) is 10.7 Å². The number of rotatable bonds is 3. The lowest BCUT2D eigenvalue weighted by Gasteiger charge is -2.11. The molecule has 0 radical (unpaired) electrons. The zero-order valence-electron chi connectivity index (χ0n) is 10.6. The highest BCUT2D eigenvalue weighted by Crippen LogP contribution is 2.24. The van der Waals surface area contributed by atoms with Crippen LogP contribution in [0.4, 0.5) is 0 Å². The van der Waals surface area contributed by atoms with Gasteiger partial charge in [-0.3, -0.25) is 10.4 Å². The molecular weight excluding hydrogens is 252 g/mol. The van der Waals surface area contributed by atoms with E-state index in [9.17, 15) is 5.11 Å². The van der Waals surface area contributed by atoms with Crippen LogP contribution in [0.25, 0.3) is 5.70 Å². The fourth-order valence-corrected chi connectivity index (χ4v) is 1.83. The summed E-state index contributed by atoms with van der Waals surface area (Å²) in [6.45, 7) is 3.65. The van der Waals surface area contributed by atoms with Crippen molar-refractivity contribution in [3.63, 3.8) is 0 Å². The number of nitriles is 1. The number of phenols is 1. The topological polar surface area (TPSA) is 107 Å². The summed E-state index contributed by atoms with van der Waals surface area (Å²) in [5.41, 5.74) is 7.78. The molecule has 1 aromatic carbocycles. The van der Waals surface area contributed by atoms with Gasteiger partial charge in [0.25, 0.3) is 0 Å². The maximum atomic E-state index is 9.92. The van der Waals surface area contributed by atoms with Crippen molar-refractivity contribution in [2.75, 3.05) is 0 Å². The number of aromatic hydroxyl groups is 1. The molecule has 0 atom stereocenters. The van der Waals surface area contributed by atoms with E-state index in [2.05, 4.69) is 11.6 Å². The quantitative estimate of drug-likeness (QED) is 0.737. The maximum absolute atomic E-state index is 9.92. The highest BCUT2D eigenvalue weighted by Gasteiger charge is 2.14. The average Bonchev–Trinajstić information content (AvgIpc) is 2.46. The first kappa shape index (κ1) is 13.3. The Labute approximate surface area is 116 Å². The molecule has 0 aliphatic rings. The summed E-state index contributed by atoms with van der Waals surface area (Å²) in [5, 5.41) is 26.9. The number of hydrogen-bond donors (Lipinski definition) is 3. The van der Waals surface area contributed by atoms with Crippen LogP contribution in [0.2, 0.25) is 0 Å². The Morgan fingerprint density at radius 2 is 2.05 bits per heavy atom. The third kappa shape index (κ3) is 2.35. The zero-order valence-corrected chi connectivity index (χ0v) is 10.6. The van der Waals surface area contributed by atoms with Gasteiger partial charge >= 0.3 is 0 Å². The first-order valence-electron chi connectivity index (χ1n) is 5.75. The Morgan fingerprint density at radius 1 is 1.30 bits per heavy atom.